The van der Waals surface area contributed by atoms with Gasteiger partial charge in [-0.2, -0.15) is 0 Å². The summed E-state index contributed by atoms with van der Waals surface area (Å²) in [6, 6.07) is 11.9. The van der Waals surface area contributed by atoms with Crippen molar-refractivity contribution < 1.29 is 9.67 Å². The monoisotopic (exact) mass is 239 g/mol. The van der Waals surface area contributed by atoms with Gasteiger partial charge in [-0.05, 0) is 17.7 Å². The van der Waals surface area contributed by atoms with E-state index < -0.39 is 0 Å². The van der Waals surface area contributed by atoms with Crippen LogP contribution in [-0.4, -0.2) is 10.1 Å². The van der Waals surface area contributed by atoms with E-state index in [0.29, 0.717) is 12.2 Å². The fourth-order valence-corrected chi connectivity index (χ4v) is 2.16. The Morgan fingerprint density at radius 2 is 1.83 bits per heavy atom. The highest BCUT2D eigenvalue weighted by Gasteiger charge is 2.10. The van der Waals surface area contributed by atoms with E-state index in [1.165, 1.54) is 5.56 Å². The standard InChI is InChI=1S/C15H14N2O/c1-17-8-6-11(7-9-17)10-14-15(18)12-4-2-3-5-13(12)16-14/h2-9,16H,10H2,1H3/p+1. The smallest absolute Gasteiger partial charge is 0.168 e. The Kier molecular flexibility index (Phi) is 2.52. The van der Waals surface area contributed by atoms with Gasteiger partial charge in [0.1, 0.15) is 12.8 Å². The van der Waals surface area contributed by atoms with E-state index in [0.717, 1.165) is 16.6 Å². The number of para-hydroxylation sites is 1. The average Bonchev–Trinajstić information content (AvgIpc) is 2.70. The van der Waals surface area contributed by atoms with E-state index in [9.17, 15) is 5.11 Å². The lowest BCUT2D eigenvalue weighted by molar-refractivity contribution is -0.671. The molecule has 18 heavy (non-hydrogen) atoms. The van der Waals surface area contributed by atoms with Gasteiger partial charge in [-0.25, -0.2) is 4.57 Å². The van der Waals surface area contributed by atoms with Gasteiger partial charge in [0, 0.05) is 29.5 Å². The molecular weight excluding hydrogens is 224 g/mol. The molecule has 2 heterocycles. The summed E-state index contributed by atoms with van der Waals surface area (Å²) >= 11 is 0. The van der Waals surface area contributed by atoms with Crippen molar-refractivity contribution in [2.45, 2.75) is 6.42 Å². The molecule has 2 N–H and O–H groups in total. The number of pyridine rings is 1. The molecule has 3 rings (SSSR count). The van der Waals surface area contributed by atoms with Crippen molar-refractivity contribution in [1.82, 2.24) is 4.98 Å². The fourth-order valence-electron chi connectivity index (χ4n) is 2.16. The average molecular weight is 239 g/mol. The van der Waals surface area contributed by atoms with Crippen molar-refractivity contribution in [3.05, 3.63) is 60.0 Å². The Hall–Kier alpha value is -2.29. The number of nitrogens with one attached hydrogen (secondary N) is 1. The molecule has 2 aromatic heterocycles. The highest BCUT2D eigenvalue weighted by molar-refractivity contribution is 5.87. The van der Waals surface area contributed by atoms with E-state index in [1.54, 1.807) is 0 Å². The Morgan fingerprint density at radius 3 is 2.56 bits per heavy atom. The van der Waals surface area contributed by atoms with E-state index in [4.69, 9.17) is 0 Å². The normalized spacial score (nSPS) is 10.9. The van der Waals surface area contributed by atoms with Crippen LogP contribution in [0.25, 0.3) is 10.9 Å². The second-order valence-corrected chi connectivity index (χ2v) is 4.55. The molecule has 1 aromatic carbocycles. The summed E-state index contributed by atoms with van der Waals surface area (Å²) in [4.78, 5) is 3.27. The number of nitrogens with zero attached hydrogens (tertiary/aromatic N) is 1. The van der Waals surface area contributed by atoms with Crippen LogP contribution in [0.1, 0.15) is 11.3 Å². The van der Waals surface area contributed by atoms with Crippen molar-refractivity contribution in [3.8, 4) is 5.75 Å². The van der Waals surface area contributed by atoms with Crippen LogP contribution in [0.3, 0.4) is 0 Å². The van der Waals surface area contributed by atoms with Crippen LogP contribution in [0.5, 0.6) is 5.75 Å². The first kappa shape index (κ1) is 10.8. The van der Waals surface area contributed by atoms with E-state index in [-0.39, 0.29) is 0 Å². The predicted octanol–water partition coefficient (Wildman–Crippen LogP) is 2.29. The molecule has 0 aliphatic rings. The molecule has 0 bridgehead atoms. The van der Waals surface area contributed by atoms with Gasteiger partial charge in [0.25, 0.3) is 0 Å². The Bertz CT molecular complexity index is 683. The van der Waals surface area contributed by atoms with Crippen molar-refractivity contribution in [3.63, 3.8) is 0 Å². The molecule has 0 radical (unpaired) electrons. The van der Waals surface area contributed by atoms with Gasteiger partial charge in [-0.1, -0.05) is 12.1 Å². The maximum absolute atomic E-state index is 10.2. The van der Waals surface area contributed by atoms with Crippen LogP contribution in [0.2, 0.25) is 0 Å². The number of hydrogen-bond acceptors (Lipinski definition) is 1. The summed E-state index contributed by atoms with van der Waals surface area (Å²) in [6.07, 6.45) is 4.73. The quantitative estimate of drug-likeness (QED) is 0.662. The summed E-state index contributed by atoms with van der Waals surface area (Å²) in [5.74, 6) is 0.360. The molecule has 3 aromatic rings. The van der Waals surface area contributed by atoms with E-state index in [1.807, 2.05) is 48.3 Å². The Labute approximate surface area is 105 Å². The maximum atomic E-state index is 10.2. The number of fused-ring (bicyclic) bond motifs is 1. The third-order valence-corrected chi connectivity index (χ3v) is 3.18. The van der Waals surface area contributed by atoms with Gasteiger partial charge in [0.05, 0.1) is 5.69 Å². The number of aryl methyl sites for hydroxylation is 1. The van der Waals surface area contributed by atoms with Gasteiger partial charge < -0.3 is 10.1 Å². The summed E-state index contributed by atoms with van der Waals surface area (Å²) < 4.78 is 1.99. The lowest BCUT2D eigenvalue weighted by Crippen LogP contribution is -2.25. The van der Waals surface area contributed by atoms with Crippen LogP contribution in [0, 0.1) is 0 Å². The number of benzene rings is 1. The third kappa shape index (κ3) is 1.84. The zero-order valence-corrected chi connectivity index (χ0v) is 10.2. The second-order valence-electron chi connectivity index (χ2n) is 4.55. The minimum absolute atomic E-state index is 0.360. The van der Waals surface area contributed by atoms with E-state index in [2.05, 4.69) is 17.1 Å². The number of aromatic amines is 1. The van der Waals surface area contributed by atoms with Crippen molar-refractivity contribution in [1.29, 1.82) is 0 Å². The Morgan fingerprint density at radius 1 is 1.11 bits per heavy atom. The maximum Gasteiger partial charge on any atom is 0.168 e. The molecule has 0 atom stereocenters. The first-order valence-corrected chi connectivity index (χ1v) is 5.97. The van der Waals surface area contributed by atoms with Crippen molar-refractivity contribution >= 4 is 10.9 Å². The number of hydrogen-bond donors (Lipinski definition) is 2. The molecule has 0 saturated heterocycles. The second kappa shape index (κ2) is 4.18. The molecule has 0 aliphatic carbocycles. The molecule has 0 saturated carbocycles. The van der Waals surface area contributed by atoms with Crippen LogP contribution >= 0.6 is 0 Å². The highest BCUT2D eigenvalue weighted by atomic mass is 16.3. The fraction of sp³-hybridized carbons (Fsp3) is 0.133. The van der Waals surface area contributed by atoms with Crippen molar-refractivity contribution in [2.75, 3.05) is 0 Å². The van der Waals surface area contributed by atoms with Crippen molar-refractivity contribution in [2.24, 2.45) is 7.05 Å². The zero-order valence-electron chi connectivity index (χ0n) is 10.2. The zero-order chi connectivity index (χ0) is 12.5. The van der Waals surface area contributed by atoms with Crippen LogP contribution in [0.4, 0.5) is 0 Å². The minimum atomic E-state index is 0.360. The van der Waals surface area contributed by atoms with Crippen LogP contribution in [-0.2, 0) is 13.5 Å². The summed E-state index contributed by atoms with van der Waals surface area (Å²) in [5.41, 5.74) is 3.02. The molecule has 0 amide bonds. The topological polar surface area (TPSA) is 39.9 Å². The van der Waals surface area contributed by atoms with Gasteiger partial charge in [-0.3, -0.25) is 0 Å². The lowest BCUT2D eigenvalue weighted by Gasteiger charge is -1.99. The van der Waals surface area contributed by atoms with Gasteiger partial charge >= 0.3 is 0 Å². The molecule has 0 aliphatic heterocycles. The molecule has 3 heteroatoms. The summed E-state index contributed by atoms with van der Waals surface area (Å²) in [5, 5.41) is 11.1. The predicted molar refractivity (Wildman–Crippen MR) is 70.4 cm³/mol. The minimum Gasteiger partial charge on any atom is -0.505 e. The summed E-state index contributed by atoms with van der Waals surface area (Å²) in [6.45, 7) is 0. The largest absolute Gasteiger partial charge is 0.505 e. The molecule has 90 valence electrons. The third-order valence-electron chi connectivity index (χ3n) is 3.18. The number of H-pyrrole nitrogens is 1. The number of aromatic hydroxyl groups is 1. The van der Waals surface area contributed by atoms with Crippen LogP contribution < -0.4 is 4.57 Å². The summed E-state index contributed by atoms with van der Waals surface area (Å²) in [7, 11) is 1.99. The van der Waals surface area contributed by atoms with Gasteiger partial charge in [0.15, 0.2) is 12.4 Å². The van der Waals surface area contributed by atoms with E-state index >= 15 is 0 Å². The molecule has 0 unspecified atom stereocenters. The highest BCUT2D eigenvalue weighted by Crippen LogP contribution is 2.29. The lowest BCUT2D eigenvalue weighted by atomic mass is 10.1. The van der Waals surface area contributed by atoms with Gasteiger partial charge in [0.2, 0.25) is 0 Å². The molecule has 3 nitrogen and oxygen atoms in total. The molecule has 0 spiro atoms. The molecular formula is C15H15N2O+. The SMILES string of the molecule is C[n+]1ccc(Cc2[nH]c3ccccc3c2O)cc1. The number of rotatable bonds is 2. The number of aromatic nitrogens is 2. The van der Waals surface area contributed by atoms with Crippen LogP contribution in [0.15, 0.2) is 48.8 Å². The van der Waals surface area contributed by atoms with Gasteiger partial charge in [-0.15, -0.1) is 0 Å². The first-order valence-electron chi connectivity index (χ1n) is 5.97. The first-order chi connectivity index (χ1) is 8.74. The molecule has 0 fully saturated rings. The Balaban J connectivity index is 1.99.